The predicted octanol–water partition coefficient (Wildman–Crippen LogP) is 3.49. The van der Waals surface area contributed by atoms with Crippen molar-refractivity contribution in [3.63, 3.8) is 0 Å². The summed E-state index contributed by atoms with van der Waals surface area (Å²) in [6, 6.07) is 19.9. The van der Waals surface area contributed by atoms with Gasteiger partial charge in [0.25, 0.3) is 11.8 Å². The Labute approximate surface area is 194 Å². The molecule has 0 bridgehead atoms. The maximum atomic E-state index is 13.1. The van der Waals surface area contributed by atoms with Crippen molar-refractivity contribution in [1.29, 1.82) is 0 Å². The highest BCUT2D eigenvalue weighted by Gasteiger charge is 2.27. The quantitative estimate of drug-likeness (QED) is 0.589. The second-order valence-electron chi connectivity index (χ2n) is 7.53. The third-order valence-corrected chi connectivity index (χ3v) is 5.89. The Morgan fingerprint density at radius 3 is 2.06 bits per heavy atom. The fraction of sp³-hybridized carbons (Fsp3) is 0.208. The molecule has 3 aromatic rings. The van der Waals surface area contributed by atoms with E-state index in [1.165, 1.54) is 0 Å². The van der Waals surface area contributed by atoms with Gasteiger partial charge in [0, 0.05) is 48.1 Å². The number of amides is 3. The van der Waals surface area contributed by atoms with Crippen molar-refractivity contribution in [1.82, 2.24) is 14.4 Å². The van der Waals surface area contributed by atoms with Gasteiger partial charge in [0.05, 0.1) is 0 Å². The van der Waals surface area contributed by atoms with Gasteiger partial charge in [-0.1, -0.05) is 34.1 Å². The molecular weight excluding hydrogens is 472 g/mol. The molecule has 0 spiro atoms. The summed E-state index contributed by atoms with van der Waals surface area (Å²) in [4.78, 5) is 41.6. The zero-order chi connectivity index (χ0) is 22.5. The van der Waals surface area contributed by atoms with E-state index in [1.807, 2.05) is 30.3 Å². The molecule has 2 heterocycles. The lowest BCUT2D eigenvalue weighted by molar-refractivity contribution is -0.116. The largest absolute Gasteiger partial charge is 0.335 e. The normalized spacial score (nSPS) is 13.7. The van der Waals surface area contributed by atoms with Gasteiger partial charge in [-0.05, 0) is 48.5 Å². The molecule has 2 aromatic carbocycles. The topological polar surface area (TPSA) is 74.7 Å². The van der Waals surface area contributed by atoms with Gasteiger partial charge in [-0.2, -0.15) is 0 Å². The molecule has 1 saturated heterocycles. The summed E-state index contributed by atoms with van der Waals surface area (Å²) in [6.45, 7) is 1.90. The number of anilines is 1. The maximum absolute atomic E-state index is 13.1. The molecule has 0 atom stereocenters. The summed E-state index contributed by atoms with van der Waals surface area (Å²) in [5.74, 6) is -0.375. The minimum atomic E-state index is -0.212. The van der Waals surface area contributed by atoms with E-state index in [2.05, 4.69) is 21.2 Å². The van der Waals surface area contributed by atoms with Crippen LogP contribution in [-0.4, -0.2) is 58.3 Å². The molecule has 1 fully saturated rings. The number of hydrogen-bond donors (Lipinski definition) is 1. The van der Waals surface area contributed by atoms with Crippen molar-refractivity contribution in [2.75, 3.05) is 31.5 Å². The van der Waals surface area contributed by atoms with Crippen LogP contribution in [0.25, 0.3) is 0 Å². The van der Waals surface area contributed by atoms with E-state index in [0.717, 1.165) is 4.47 Å². The molecule has 1 aliphatic rings. The fourth-order valence-electron chi connectivity index (χ4n) is 3.67. The maximum Gasteiger partial charge on any atom is 0.270 e. The first kappa shape index (κ1) is 21.8. The van der Waals surface area contributed by atoms with E-state index in [4.69, 9.17) is 0 Å². The first-order valence-corrected chi connectivity index (χ1v) is 11.1. The molecule has 1 aromatic heterocycles. The minimum Gasteiger partial charge on any atom is -0.335 e. The average molecular weight is 495 g/mol. The van der Waals surface area contributed by atoms with E-state index in [1.54, 1.807) is 57.0 Å². The molecule has 0 aliphatic carbocycles. The van der Waals surface area contributed by atoms with Crippen LogP contribution in [-0.2, 0) is 11.3 Å². The van der Waals surface area contributed by atoms with Crippen LogP contribution in [0.5, 0.6) is 0 Å². The second kappa shape index (κ2) is 9.82. The van der Waals surface area contributed by atoms with Crippen LogP contribution in [0.4, 0.5) is 5.69 Å². The van der Waals surface area contributed by atoms with E-state index < -0.39 is 0 Å². The third-order valence-electron chi connectivity index (χ3n) is 5.37. The molecule has 8 heteroatoms. The number of aromatic nitrogens is 1. The Hall–Kier alpha value is -3.39. The first-order chi connectivity index (χ1) is 15.5. The van der Waals surface area contributed by atoms with Gasteiger partial charge in [0.15, 0.2) is 0 Å². The molecule has 1 N–H and O–H groups in total. The zero-order valence-corrected chi connectivity index (χ0v) is 19.0. The van der Waals surface area contributed by atoms with Crippen molar-refractivity contribution in [2.45, 2.75) is 6.54 Å². The van der Waals surface area contributed by atoms with Crippen molar-refractivity contribution >= 4 is 39.3 Å². The highest BCUT2D eigenvalue weighted by Crippen LogP contribution is 2.15. The number of carbonyl (C=O) groups is 3. The van der Waals surface area contributed by atoms with Crippen LogP contribution >= 0.6 is 15.9 Å². The summed E-state index contributed by atoms with van der Waals surface area (Å²) in [5.41, 5.74) is 1.80. The Morgan fingerprint density at radius 1 is 0.781 bits per heavy atom. The lowest BCUT2D eigenvalue weighted by atomic mass is 10.2. The highest BCUT2D eigenvalue weighted by atomic mass is 79.9. The van der Waals surface area contributed by atoms with Crippen LogP contribution in [0, 0.1) is 0 Å². The fourth-order valence-corrected chi connectivity index (χ4v) is 3.94. The van der Waals surface area contributed by atoms with Crippen LogP contribution < -0.4 is 5.32 Å². The monoisotopic (exact) mass is 494 g/mol. The lowest BCUT2D eigenvalue weighted by Gasteiger charge is -2.35. The van der Waals surface area contributed by atoms with Crippen LogP contribution in [0.3, 0.4) is 0 Å². The Balaban J connectivity index is 1.35. The Kier molecular flexibility index (Phi) is 6.70. The number of piperazine rings is 1. The van der Waals surface area contributed by atoms with Crippen molar-refractivity contribution in [3.05, 3.63) is 88.7 Å². The molecule has 0 radical (unpaired) electrons. The number of halogens is 1. The summed E-state index contributed by atoms with van der Waals surface area (Å²) >= 11 is 3.37. The zero-order valence-electron chi connectivity index (χ0n) is 17.4. The Morgan fingerprint density at radius 2 is 1.41 bits per heavy atom. The summed E-state index contributed by atoms with van der Waals surface area (Å²) in [6.07, 6.45) is 1.73. The number of rotatable bonds is 5. The summed E-state index contributed by atoms with van der Waals surface area (Å²) in [7, 11) is 0. The number of nitrogens with zero attached hydrogens (tertiary/aromatic N) is 3. The molecule has 164 valence electrons. The van der Waals surface area contributed by atoms with Crippen molar-refractivity contribution in [2.24, 2.45) is 0 Å². The average Bonchev–Trinajstić information content (AvgIpc) is 3.28. The standard InChI is InChI=1S/C24H23BrN4O3/c25-19-8-10-20(11-9-19)26-22(30)17-29-12-4-7-21(29)24(32)28-15-13-27(14-16-28)23(31)18-5-2-1-3-6-18/h1-12H,13-17H2,(H,26,30). The van der Waals surface area contributed by atoms with Crippen LogP contribution in [0.1, 0.15) is 20.8 Å². The van der Waals surface area contributed by atoms with Crippen molar-refractivity contribution < 1.29 is 14.4 Å². The molecule has 32 heavy (non-hydrogen) atoms. The van der Waals surface area contributed by atoms with Gasteiger partial charge >= 0.3 is 0 Å². The SMILES string of the molecule is O=C(Cn1cccc1C(=O)N1CCN(C(=O)c2ccccc2)CC1)Nc1ccc(Br)cc1. The summed E-state index contributed by atoms with van der Waals surface area (Å²) < 4.78 is 2.58. The van der Waals surface area contributed by atoms with Gasteiger partial charge in [0.2, 0.25) is 5.91 Å². The second-order valence-corrected chi connectivity index (χ2v) is 8.44. The van der Waals surface area contributed by atoms with E-state index in [9.17, 15) is 14.4 Å². The number of hydrogen-bond acceptors (Lipinski definition) is 3. The molecule has 3 amide bonds. The number of benzene rings is 2. The number of carbonyl (C=O) groups excluding carboxylic acids is 3. The lowest BCUT2D eigenvalue weighted by Crippen LogP contribution is -2.51. The molecule has 4 rings (SSSR count). The van der Waals surface area contributed by atoms with Gasteiger partial charge < -0.3 is 19.7 Å². The molecule has 0 unspecified atom stereocenters. The molecular formula is C24H23BrN4O3. The first-order valence-electron chi connectivity index (χ1n) is 10.4. The van der Waals surface area contributed by atoms with Crippen LogP contribution in [0.2, 0.25) is 0 Å². The van der Waals surface area contributed by atoms with Gasteiger partial charge in [-0.3, -0.25) is 14.4 Å². The Bertz CT molecular complexity index is 1100. The smallest absolute Gasteiger partial charge is 0.270 e. The van der Waals surface area contributed by atoms with Gasteiger partial charge in [-0.25, -0.2) is 0 Å². The van der Waals surface area contributed by atoms with Crippen LogP contribution in [0.15, 0.2) is 77.4 Å². The van der Waals surface area contributed by atoms with E-state index >= 15 is 0 Å². The van der Waals surface area contributed by atoms with E-state index in [0.29, 0.717) is 43.1 Å². The van der Waals surface area contributed by atoms with Crippen molar-refractivity contribution in [3.8, 4) is 0 Å². The van der Waals surface area contributed by atoms with Gasteiger partial charge in [-0.15, -0.1) is 0 Å². The third kappa shape index (κ3) is 5.08. The molecule has 0 saturated carbocycles. The molecule has 7 nitrogen and oxygen atoms in total. The predicted molar refractivity (Wildman–Crippen MR) is 125 cm³/mol. The van der Waals surface area contributed by atoms with E-state index in [-0.39, 0.29) is 24.3 Å². The minimum absolute atomic E-state index is 0.0225. The highest BCUT2D eigenvalue weighted by molar-refractivity contribution is 9.10. The number of nitrogens with one attached hydrogen (secondary N) is 1. The molecule has 1 aliphatic heterocycles. The van der Waals surface area contributed by atoms with Gasteiger partial charge in [0.1, 0.15) is 12.2 Å². The summed E-state index contributed by atoms with van der Waals surface area (Å²) in [5, 5.41) is 2.84.